The molecule has 0 bridgehead atoms. The molecule has 122 valence electrons. The summed E-state index contributed by atoms with van der Waals surface area (Å²) in [6, 6.07) is 9.01. The molecule has 3 N–H and O–H groups in total. The standard InChI is InChI=1S/C16H14N4O4/c1-10(21)18-13-4-2-11(3-5-13)14(16(23)24)19-20-15(22)12-6-8-17-9-7-12/h2-9H,1H3,(H,18,21)(H,20,22)(H,23,24). The number of carbonyl (C=O) groups excluding carboxylic acids is 2. The summed E-state index contributed by atoms with van der Waals surface area (Å²) >= 11 is 0. The number of amides is 2. The molecule has 0 aliphatic carbocycles. The van der Waals surface area contributed by atoms with Crippen molar-refractivity contribution in [3.05, 3.63) is 59.9 Å². The third-order valence-corrected chi connectivity index (χ3v) is 2.89. The molecule has 2 rings (SSSR count). The van der Waals surface area contributed by atoms with E-state index in [0.717, 1.165) is 0 Å². The maximum atomic E-state index is 11.9. The van der Waals surface area contributed by atoms with Crippen LogP contribution in [0.5, 0.6) is 0 Å². The van der Waals surface area contributed by atoms with Gasteiger partial charge in [0.1, 0.15) is 0 Å². The van der Waals surface area contributed by atoms with Gasteiger partial charge in [-0.3, -0.25) is 14.6 Å². The van der Waals surface area contributed by atoms with Gasteiger partial charge in [0, 0.05) is 36.1 Å². The van der Waals surface area contributed by atoms with Crippen molar-refractivity contribution >= 4 is 29.2 Å². The second-order valence-corrected chi connectivity index (χ2v) is 4.70. The zero-order chi connectivity index (χ0) is 17.5. The summed E-state index contributed by atoms with van der Waals surface area (Å²) in [5, 5.41) is 15.5. The maximum Gasteiger partial charge on any atom is 0.356 e. The van der Waals surface area contributed by atoms with E-state index in [1.54, 1.807) is 12.1 Å². The van der Waals surface area contributed by atoms with E-state index in [9.17, 15) is 19.5 Å². The minimum atomic E-state index is -1.29. The van der Waals surface area contributed by atoms with E-state index >= 15 is 0 Å². The van der Waals surface area contributed by atoms with E-state index in [2.05, 4.69) is 20.8 Å². The van der Waals surface area contributed by atoms with Crippen LogP contribution < -0.4 is 10.7 Å². The van der Waals surface area contributed by atoms with E-state index in [-0.39, 0.29) is 17.2 Å². The van der Waals surface area contributed by atoms with E-state index in [1.165, 1.54) is 43.6 Å². The Kier molecular flexibility index (Phi) is 5.35. The molecule has 0 aliphatic heterocycles. The first-order valence-electron chi connectivity index (χ1n) is 6.86. The van der Waals surface area contributed by atoms with Crippen molar-refractivity contribution in [3.63, 3.8) is 0 Å². The molecule has 0 saturated carbocycles. The molecule has 0 aliphatic rings. The number of nitrogens with one attached hydrogen (secondary N) is 2. The molecule has 8 heteroatoms. The molecule has 0 radical (unpaired) electrons. The van der Waals surface area contributed by atoms with Crippen molar-refractivity contribution in [2.45, 2.75) is 6.92 Å². The minimum Gasteiger partial charge on any atom is -0.476 e. The molecule has 1 heterocycles. The van der Waals surface area contributed by atoms with E-state index in [1.807, 2.05) is 0 Å². The number of hydrogen-bond acceptors (Lipinski definition) is 5. The van der Waals surface area contributed by atoms with E-state index in [0.29, 0.717) is 11.3 Å². The maximum absolute atomic E-state index is 11.9. The SMILES string of the molecule is CC(=O)Nc1ccc(C(=NNC(=O)c2ccncc2)C(=O)O)cc1. The van der Waals surface area contributed by atoms with Crippen LogP contribution in [0.3, 0.4) is 0 Å². The van der Waals surface area contributed by atoms with Gasteiger partial charge in [-0.2, -0.15) is 5.10 Å². The Morgan fingerprint density at radius 2 is 1.62 bits per heavy atom. The molecule has 0 atom stereocenters. The van der Waals surface area contributed by atoms with Crippen molar-refractivity contribution in [3.8, 4) is 0 Å². The van der Waals surface area contributed by atoms with Crippen molar-refractivity contribution in [1.82, 2.24) is 10.4 Å². The number of pyridine rings is 1. The number of aromatic nitrogens is 1. The van der Waals surface area contributed by atoms with Gasteiger partial charge < -0.3 is 10.4 Å². The number of carbonyl (C=O) groups is 3. The Hall–Kier alpha value is -3.55. The Morgan fingerprint density at radius 1 is 1.00 bits per heavy atom. The number of carboxylic acids is 1. The second kappa shape index (κ2) is 7.63. The molecule has 24 heavy (non-hydrogen) atoms. The summed E-state index contributed by atoms with van der Waals surface area (Å²) in [5.41, 5.74) is 2.98. The summed E-state index contributed by atoms with van der Waals surface area (Å²) in [6.45, 7) is 1.37. The first-order chi connectivity index (χ1) is 11.5. The van der Waals surface area contributed by atoms with Crippen LogP contribution >= 0.6 is 0 Å². The molecule has 0 fully saturated rings. The summed E-state index contributed by atoms with van der Waals surface area (Å²) in [5.74, 6) is -2.08. The van der Waals surface area contributed by atoms with Crippen molar-refractivity contribution in [2.24, 2.45) is 5.10 Å². The Bertz CT molecular complexity index is 785. The van der Waals surface area contributed by atoms with Crippen LogP contribution in [0, 0.1) is 0 Å². The Balaban J connectivity index is 2.18. The molecule has 2 aromatic rings. The monoisotopic (exact) mass is 326 g/mol. The number of hydrazone groups is 1. The molecular formula is C16H14N4O4. The number of carboxylic acid groups (broad SMARTS) is 1. The van der Waals surface area contributed by atoms with Gasteiger partial charge in [0.15, 0.2) is 5.71 Å². The zero-order valence-corrected chi connectivity index (χ0v) is 12.7. The third kappa shape index (κ3) is 4.47. The molecule has 1 aromatic carbocycles. The lowest BCUT2D eigenvalue weighted by molar-refractivity contribution is -0.129. The van der Waals surface area contributed by atoms with E-state index in [4.69, 9.17) is 0 Å². The van der Waals surface area contributed by atoms with Crippen LogP contribution in [0.1, 0.15) is 22.8 Å². The van der Waals surface area contributed by atoms with Gasteiger partial charge in [-0.1, -0.05) is 12.1 Å². The smallest absolute Gasteiger partial charge is 0.356 e. The molecular weight excluding hydrogens is 312 g/mol. The topological polar surface area (TPSA) is 121 Å². The van der Waals surface area contributed by atoms with Gasteiger partial charge in [0.2, 0.25) is 5.91 Å². The number of anilines is 1. The fourth-order valence-corrected chi connectivity index (χ4v) is 1.83. The first kappa shape index (κ1) is 16.8. The van der Waals surface area contributed by atoms with Gasteiger partial charge in [-0.25, -0.2) is 10.2 Å². The zero-order valence-electron chi connectivity index (χ0n) is 12.7. The number of rotatable bonds is 5. The van der Waals surface area contributed by atoms with Gasteiger partial charge in [0.05, 0.1) is 0 Å². The summed E-state index contributed by atoms with van der Waals surface area (Å²) in [6.07, 6.45) is 2.88. The molecule has 0 unspecified atom stereocenters. The highest BCUT2D eigenvalue weighted by Gasteiger charge is 2.14. The Morgan fingerprint density at radius 3 is 2.17 bits per heavy atom. The molecule has 0 saturated heterocycles. The highest BCUT2D eigenvalue weighted by atomic mass is 16.4. The number of nitrogens with zero attached hydrogens (tertiary/aromatic N) is 2. The molecule has 0 spiro atoms. The number of hydrogen-bond donors (Lipinski definition) is 3. The summed E-state index contributed by atoms with van der Waals surface area (Å²) in [4.78, 5) is 38.0. The second-order valence-electron chi connectivity index (χ2n) is 4.70. The third-order valence-electron chi connectivity index (χ3n) is 2.89. The average Bonchev–Trinajstić information content (AvgIpc) is 2.56. The predicted molar refractivity (Wildman–Crippen MR) is 86.6 cm³/mol. The fourth-order valence-electron chi connectivity index (χ4n) is 1.83. The molecule has 8 nitrogen and oxygen atoms in total. The number of aliphatic carboxylic acids is 1. The Labute approximate surface area is 137 Å². The van der Waals surface area contributed by atoms with Gasteiger partial charge >= 0.3 is 5.97 Å². The minimum absolute atomic E-state index is 0.237. The fraction of sp³-hybridized carbons (Fsp3) is 0.0625. The average molecular weight is 326 g/mol. The summed E-state index contributed by atoms with van der Waals surface area (Å²) in [7, 11) is 0. The van der Waals surface area contributed by atoms with E-state index < -0.39 is 11.9 Å². The van der Waals surface area contributed by atoms with Crippen LogP contribution in [0.15, 0.2) is 53.9 Å². The first-order valence-corrected chi connectivity index (χ1v) is 6.86. The quantitative estimate of drug-likeness (QED) is 0.564. The van der Waals surface area contributed by atoms with Crippen LogP contribution in [-0.2, 0) is 9.59 Å². The van der Waals surface area contributed by atoms with Crippen molar-refractivity contribution < 1.29 is 19.5 Å². The lowest BCUT2D eigenvalue weighted by Crippen LogP contribution is -2.24. The lowest BCUT2D eigenvalue weighted by Gasteiger charge is -2.06. The van der Waals surface area contributed by atoms with Crippen LogP contribution in [0.4, 0.5) is 5.69 Å². The largest absolute Gasteiger partial charge is 0.476 e. The van der Waals surface area contributed by atoms with Gasteiger partial charge in [0.25, 0.3) is 5.91 Å². The van der Waals surface area contributed by atoms with Gasteiger partial charge in [-0.15, -0.1) is 0 Å². The number of benzene rings is 1. The normalized spacial score (nSPS) is 10.8. The highest BCUT2D eigenvalue weighted by molar-refractivity contribution is 6.42. The van der Waals surface area contributed by atoms with Crippen LogP contribution in [-0.4, -0.2) is 33.6 Å². The van der Waals surface area contributed by atoms with Crippen molar-refractivity contribution in [2.75, 3.05) is 5.32 Å². The summed E-state index contributed by atoms with van der Waals surface area (Å²) < 4.78 is 0. The lowest BCUT2D eigenvalue weighted by atomic mass is 10.1. The van der Waals surface area contributed by atoms with Crippen molar-refractivity contribution in [1.29, 1.82) is 0 Å². The highest BCUT2D eigenvalue weighted by Crippen LogP contribution is 2.10. The van der Waals surface area contributed by atoms with Crippen LogP contribution in [0.25, 0.3) is 0 Å². The predicted octanol–water partition coefficient (Wildman–Crippen LogP) is 1.26. The molecule has 1 aromatic heterocycles. The van der Waals surface area contributed by atoms with Crippen LogP contribution in [0.2, 0.25) is 0 Å². The van der Waals surface area contributed by atoms with Gasteiger partial charge in [-0.05, 0) is 24.3 Å². The molecule has 2 amide bonds.